The lowest BCUT2D eigenvalue weighted by Crippen LogP contribution is -2.42. The molecule has 5 heteroatoms. The summed E-state index contributed by atoms with van der Waals surface area (Å²) in [6.45, 7) is 5.52. The highest BCUT2D eigenvalue weighted by Gasteiger charge is 2.23. The summed E-state index contributed by atoms with van der Waals surface area (Å²) in [6.07, 6.45) is 0. The first-order chi connectivity index (χ1) is 8.56. The van der Waals surface area contributed by atoms with Crippen LogP contribution in [-0.2, 0) is 16.1 Å². The number of nitrogens with zero attached hydrogens (tertiary/aromatic N) is 1. The fourth-order valence-corrected chi connectivity index (χ4v) is 2.29. The Bertz CT molecular complexity index is 352. The molecule has 0 aliphatic heterocycles. The van der Waals surface area contributed by atoms with Gasteiger partial charge in [-0.2, -0.15) is 0 Å². The van der Waals surface area contributed by atoms with Gasteiger partial charge in [0.25, 0.3) is 0 Å². The summed E-state index contributed by atoms with van der Waals surface area (Å²) in [6, 6.07) is 3.90. The zero-order chi connectivity index (χ0) is 13.5. The summed E-state index contributed by atoms with van der Waals surface area (Å²) in [5.41, 5.74) is 5.80. The smallest absolute Gasteiger partial charge is 0.227 e. The van der Waals surface area contributed by atoms with Crippen LogP contribution in [0.4, 0.5) is 0 Å². The third kappa shape index (κ3) is 4.40. The summed E-state index contributed by atoms with van der Waals surface area (Å²) in [5, 5.41) is 2.02. The van der Waals surface area contributed by atoms with E-state index >= 15 is 0 Å². The fraction of sp³-hybridized carbons (Fsp3) is 0.615. The van der Waals surface area contributed by atoms with Crippen molar-refractivity contribution >= 4 is 17.2 Å². The molecule has 0 fully saturated rings. The number of ether oxygens (including phenoxy) is 1. The van der Waals surface area contributed by atoms with Gasteiger partial charge in [-0.25, -0.2) is 0 Å². The molecule has 0 radical (unpaired) electrons. The molecule has 0 bridgehead atoms. The number of thiophene rings is 1. The van der Waals surface area contributed by atoms with Crippen molar-refractivity contribution in [2.75, 3.05) is 20.3 Å². The predicted octanol–water partition coefficient (Wildman–Crippen LogP) is 1.71. The van der Waals surface area contributed by atoms with Gasteiger partial charge in [0.1, 0.15) is 0 Å². The first-order valence-corrected chi connectivity index (χ1v) is 7.00. The van der Waals surface area contributed by atoms with Crippen LogP contribution in [0.1, 0.15) is 18.7 Å². The van der Waals surface area contributed by atoms with E-state index in [9.17, 15) is 4.79 Å². The topological polar surface area (TPSA) is 55.6 Å². The summed E-state index contributed by atoms with van der Waals surface area (Å²) >= 11 is 1.66. The molecule has 0 aliphatic rings. The van der Waals surface area contributed by atoms with E-state index in [4.69, 9.17) is 10.5 Å². The van der Waals surface area contributed by atoms with E-state index in [1.807, 2.05) is 36.3 Å². The van der Waals surface area contributed by atoms with Crippen LogP contribution in [0.5, 0.6) is 0 Å². The van der Waals surface area contributed by atoms with E-state index in [1.165, 1.54) is 4.88 Å². The quantitative estimate of drug-likeness (QED) is 0.820. The van der Waals surface area contributed by atoms with Gasteiger partial charge in [0.15, 0.2) is 0 Å². The van der Waals surface area contributed by atoms with Crippen LogP contribution in [0.15, 0.2) is 17.5 Å². The molecule has 1 aromatic rings. The second-order valence-corrected chi connectivity index (χ2v) is 5.51. The van der Waals surface area contributed by atoms with Gasteiger partial charge in [-0.3, -0.25) is 4.79 Å². The molecule has 2 N–H and O–H groups in total. The molecule has 4 nitrogen and oxygen atoms in total. The van der Waals surface area contributed by atoms with Gasteiger partial charge in [-0.1, -0.05) is 13.0 Å². The van der Waals surface area contributed by atoms with Crippen LogP contribution in [0.25, 0.3) is 0 Å². The third-order valence-corrected chi connectivity index (χ3v) is 3.84. The number of carbonyl (C=O) groups excluding carboxylic acids is 1. The number of rotatable bonds is 7. The Morgan fingerprint density at radius 3 is 2.78 bits per heavy atom. The highest BCUT2D eigenvalue weighted by Crippen LogP contribution is 2.14. The zero-order valence-electron chi connectivity index (χ0n) is 11.3. The van der Waals surface area contributed by atoms with Crippen molar-refractivity contribution in [1.82, 2.24) is 4.90 Å². The lowest BCUT2D eigenvalue weighted by molar-refractivity contribution is -0.136. The van der Waals surface area contributed by atoms with E-state index < -0.39 is 0 Å². The summed E-state index contributed by atoms with van der Waals surface area (Å²) < 4.78 is 5.06. The number of methoxy groups -OCH3 is 1. The average molecular weight is 270 g/mol. The predicted molar refractivity (Wildman–Crippen MR) is 74.4 cm³/mol. The van der Waals surface area contributed by atoms with E-state index in [0.29, 0.717) is 19.7 Å². The normalized spacial score (nSPS) is 14.2. The number of hydrogen-bond acceptors (Lipinski definition) is 4. The molecule has 102 valence electrons. The molecular formula is C13H22N2O2S. The monoisotopic (exact) mass is 270 g/mol. The van der Waals surface area contributed by atoms with Gasteiger partial charge in [0.2, 0.25) is 5.91 Å². The molecule has 2 unspecified atom stereocenters. The minimum Gasteiger partial charge on any atom is -0.383 e. The molecule has 0 saturated carbocycles. The van der Waals surface area contributed by atoms with E-state index in [0.717, 1.165) is 0 Å². The summed E-state index contributed by atoms with van der Waals surface area (Å²) in [7, 11) is 1.64. The second-order valence-electron chi connectivity index (χ2n) is 4.48. The van der Waals surface area contributed by atoms with Gasteiger partial charge in [-0.05, 0) is 18.4 Å². The number of hydrogen-bond donors (Lipinski definition) is 1. The van der Waals surface area contributed by atoms with Crippen LogP contribution in [0, 0.1) is 5.92 Å². The van der Waals surface area contributed by atoms with Gasteiger partial charge >= 0.3 is 0 Å². The minimum atomic E-state index is -0.165. The Hall–Kier alpha value is -0.910. The van der Waals surface area contributed by atoms with Gasteiger partial charge in [0.05, 0.1) is 19.1 Å². The number of amides is 1. The van der Waals surface area contributed by atoms with E-state index in [-0.39, 0.29) is 17.9 Å². The van der Waals surface area contributed by atoms with Crippen LogP contribution in [0.3, 0.4) is 0 Å². The van der Waals surface area contributed by atoms with Gasteiger partial charge in [0, 0.05) is 24.6 Å². The molecule has 0 aliphatic carbocycles. The number of nitrogens with two attached hydrogens (primary N) is 1. The van der Waals surface area contributed by atoms with Crippen molar-refractivity contribution in [2.45, 2.75) is 26.4 Å². The second kappa shape index (κ2) is 7.51. The molecular weight excluding hydrogens is 248 g/mol. The molecule has 1 aromatic heterocycles. The van der Waals surface area contributed by atoms with Crippen LogP contribution < -0.4 is 5.73 Å². The summed E-state index contributed by atoms with van der Waals surface area (Å²) in [4.78, 5) is 15.3. The first-order valence-electron chi connectivity index (χ1n) is 6.12. The Morgan fingerprint density at radius 1 is 1.56 bits per heavy atom. The van der Waals surface area contributed by atoms with Crippen molar-refractivity contribution in [2.24, 2.45) is 11.7 Å². The van der Waals surface area contributed by atoms with Gasteiger partial charge < -0.3 is 15.4 Å². The summed E-state index contributed by atoms with van der Waals surface area (Å²) in [5.74, 6) is -0.0720. The lowest BCUT2D eigenvalue weighted by atomic mass is 10.0. The molecule has 0 spiro atoms. The Balaban J connectivity index is 2.68. The average Bonchev–Trinajstić information content (AvgIpc) is 2.85. The zero-order valence-corrected chi connectivity index (χ0v) is 12.1. The van der Waals surface area contributed by atoms with Crippen LogP contribution in [-0.4, -0.2) is 37.1 Å². The van der Waals surface area contributed by atoms with Crippen molar-refractivity contribution in [3.05, 3.63) is 22.4 Å². The third-order valence-electron chi connectivity index (χ3n) is 2.98. The Labute approximate surface area is 113 Å². The molecule has 0 aromatic carbocycles. The molecule has 1 amide bonds. The standard InChI is InChI=1S/C13H22N2O2S/c1-10(11(2)14)13(16)15(6-7-17-3)9-12-5-4-8-18-12/h4-5,8,10-11H,6-7,9,14H2,1-3H3. The maximum Gasteiger partial charge on any atom is 0.227 e. The molecule has 1 rings (SSSR count). The molecule has 0 saturated heterocycles. The first kappa shape index (κ1) is 15.1. The SMILES string of the molecule is COCCN(Cc1cccs1)C(=O)C(C)C(C)N. The van der Waals surface area contributed by atoms with Crippen molar-refractivity contribution in [3.8, 4) is 0 Å². The van der Waals surface area contributed by atoms with E-state index in [2.05, 4.69) is 0 Å². The minimum absolute atomic E-state index is 0.0930. The van der Waals surface area contributed by atoms with Crippen LogP contribution in [0.2, 0.25) is 0 Å². The highest BCUT2D eigenvalue weighted by molar-refractivity contribution is 7.09. The van der Waals surface area contributed by atoms with Crippen molar-refractivity contribution < 1.29 is 9.53 Å². The fourth-order valence-electron chi connectivity index (χ4n) is 1.57. The molecule has 1 heterocycles. The highest BCUT2D eigenvalue weighted by atomic mass is 32.1. The maximum atomic E-state index is 12.3. The Morgan fingerprint density at radius 2 is 2.28 bits per heavy atom. The molecule has 2 atom stereocenters. The Kier molecular flexibility index (Phi) is 6.32. The van der Waals surface area contributed by atoms with Crippen LogP contribution >= 0.6 is 11.3 Å². The van der Waals surface area contributed by atoms with Crippen molar-refractivity contribution in [3.63, 3.8) is 0 Å². The van der Waals surface area contributed by atoms with E-state index in [1.54, 1.807) is 18.4 Å². The van der Waals surface area contributed by atoms with Gasteiger partial charge in [-0.15, -0.1) is 11.3 Å². The maximum absolute atomic E-state index is 12.3. The largest absolute Gasteiger partial charge is 0.383 e. The van der Waals surface area contributed by atoms with Crippen molar-refractivity contribution in [1.29, 1.82) is 0 Å². The lowest BCUT2D eigenvalue weighted by Gasteiger charge is -2.26. The number of carbonyl (C=O) groups is 1. The molecule has 18 heavy (non-hydrogen) atoms.